The first-order chi connectivity index (χ1) is 9.08. The number of hydrogen-bond acceptors (Lipinski definition) is 4. The quantitative estimate of drug-likeness (QED) is 0.783. The maximum Gasteiger partial charge on any atom is 0.328 e. The Morgan fingerprint density at radius 2 is 2.05 bits per heavy atom. The Bertz CT molecular complexity index is 304. The van der Waals surface area contributed by atoms with Crippen molar-refractivity contribution in [2.24, 2.45) is 5.92 Å². The molecule has 110 valence electrons. The van der Waals surface area contributed by atoms with Gasteiger partial charge in [-0.2, -0.15) is 11.8 Å². The molecule has 0 radical (unpaired) electrons. The molecule has 1 heterocycles. The number of carbonyl (C=O) groups is 2. The van der Waals surface area contributed by atoms with E-state index in [0.717, 1.165) is 31.7 Å². The second kappa shape index (κ2) is 8.30. The number of carbonyl (C=O) groups excluding carboxylic acids is 2. The van der Waals surface area contributed by atoms with Crippen LogP contribution in [-0.4, -0.2) is 55.2 Å². The van der Waals surface area contributed by atoms with Gasteiger partial charge in [0.05, 0.1) is 7.11 Å². The molecule has 0 aromatic rings. The molecule has 0 bridgehead atoms. The molecule has 0 aromatic carbocycles. The fourth-order valence-corrected chi connectivity index (χ4v) is 2.55. The third-order valence-corrected chi connectivity index (χ3v) is 4.11. The van der Waals surface area contributed by atoms with Crippen molar-refractivity contribution in [1.29, 1.82) is 0 Å². The van der Waals surface area contributed by atoms with E-state index >= 15 is 0 Å². The zero-order valence-electron chi connectivity index (χ0n) is 12.0. The van der Waals surface area contributed by atoms with Gasteiger partial charge in [0.2, 0.25) is 0 Å². The van der Waals surface area contributed by atoms with Crippen LogP contribution < -0.4 is 5.32 Å². The summed E-state index contributed by atoms with van der Waals surface area (Å²) in [5, 5.41) is 2.79. The number of nitrogens with zero attached hydrogens (tertiary/aromatic N) is 1. The summed E-state index contributed by atoms with van der Waals surface area (Å²) in [5.74, 6) is 1.13. The van der Waals surface area contributed by atoms with Crippen LogP contribution in [0.25, 0.3) is 0 Å². The van der Waals surface area contributed by atoms with Gasteiger partial charge in [-0.1, -0.05) is 6.92 Å². The predicted octanol–water partition coefficient (Wildman–Crippen LogP) is 1.72. The van der Waals surface area contributed by atoms with Gasteiger partial charge in [-0.05, 0) is 37.2 Å². The van der Waals surface area contributed by atoms with Crippen molar-refractivity contribution in [2.45, 2.75) is 32.2 Å². The standard InChI is InChI=1S/C13H24N2O3S/c1-10-4-7-15(8-5-10)13(17)14-11(6-9-19-3)12(16)18-2/h10-11H,4-9H2,1-3H3,(H,14,17)/t11-/m0/s1. The Hall–Kier alpha value is -0.910. The minimum absolute atomic E-state index is 0.150. The summed E-state index contributed by atoms with van der Waals surface area (Å²) < 4.78 is 4.73. The highest BCUT2D eigenvalue weighted by atomic mass is 32.2. The lowest BCUT2D eigenvalue weighted by molar-refractivity contribution is -0.142. The maximum absolute atomic E-state index is 12.1. The van der Waals surface area contributed by atoms with Crippen LogP contribution in [-0.2, 0) is 9.53 Å². The first-order valence-corrected chi connectivity index (χ1v) is 8.10. The molecular formula is C13H24N2O3S. The highest BCUT2D eigenvalue weighted by Gasteiger charge is 2.25. The normalized spacial score (nSPS) is 17.9. The smallest absolute Gasteiger partial charge is 0.328 e. The zero-order valence-corrected chi connectivity index (χ0v) is 12.8. The molecule has 0 aromatic heterocycles. The molecular weight excluding hydrogens is 264 g/mol. The van der Waals surface area contributed by atoms with Gasteiger partial charge in [-0.15, -0.1) is 0 Å². The predicted molar refractivity (Wildman–Crippen MR) is 77.3 cm³/mol. The molecule has 1 rings (SSSR count). The third kappa shape index (κ3) is 5.30. The molecule has 2 amide bonds. The van der Waals surface area contributed by atoms with Gasteiger partial charge in [0, 0.05) is 13.1 Å². The van der Waals surface area contributed by atoms with E-state index in [1.807, 2.05) is 6.26 Å². The second-order valence-corrected chi connectivity index (χ2v) is 5.96. The average Bonchev–Trinajstić information content (AvgIpc) is 2.43. The van der Waals surface area contributed by atoms with Gasteiger partial charge in [0.25, 0.3) is 0 Å². The van der Waals surface area contributed by atoms with Crippen molar-refractivity contribution in [3.63, 3.8) is 0 Å². The minimum Gasteiger partial charge on any atom is -0.467 e. The van der Waals surface area contributed by atoms with E-state index < -0.39 is 6.04 Å². The van der Waals surface area contributed by atoms with E-state index in [2.05, 4.69) is 12.2 Å². The van der Waals surface area contributed by atoms with Gasteiger partial charge in [0.1, 0.15) is 6.04 Å². The Labute approximate surface area is 119 Å². The number of urea groups is 1. The number of esters is 1. The van der Waals surface area contributed by atoms with Crippen LogP contribution in [0.3, 0.4) is 0 Å². The van der Waals surface area contributed by atoms with Crippen molar-refractivity contribution in [2.75, 3.05) is 32.2 Å². The number of nitrogens with one attached hydrogen (secondary N) is 1. The first kappa shape index (κ1) is 16.1. The van der Waals surface area contributed by atoms with Crippen LogP contribution in [0.5, 0.6) is 0 Å². The van der Waals surface area contributed by atoms with Crippen LogP contribution in [0.1, 0.15) is 26.2 Å². The summed E-state index contributed by atoms with van der Waals surface area (Å²) in [6, 6.07) is -0.687. The fourth-order valence-electron chi connectivity index (χ4n) is 2.08. The number of piperidine rings is 1. The number of thioether (sulfide) groups is 1. The highest BCUT2D eigenvalue weighted by molar-refractivity contribution is 7.98. The van der Waals surface area contributed by atoms with Crippen LogP contribution in [0.2, 0.25) is 0 Å². The van der Waals surface area contributed by atoms with E-state index in [1.54, 1.807) is 16.7 Å². The third-order valence-electron chi connectivity index (χ3n) is 3.46. The molecule has 0 saturated carbocycles. The number of likely N-dealkylation sites (tertiary alicyclic amines) is 1. The molecule has 0 unspecified atom stereocenters. The maximum atomic E-state index is 12.1. The largest absolute Gasteiger partial charge is 0.467 e. The molecule has 1 atom stereocenters. The van der Waals surface area contributed by atoms with Crippen LogP contribution >= 0.6 is 11.8 Å². The Morgan fingerprint density at radius 1 is 1.42 bits per heavy atom. The molecule has 1 N–H and O–H groups in total. The van der Waals surface area contributed by atoms with E-state index in [0.29, 0.717) is 12.3 Å². The topological polar surface area (TPSA) is 58.6 Å². The van der Waals surface area contributed by atoms with E-state index in [9.17, 15) is 9.59 Å². The number of hydrogen-bond donors (Lipinski definition) is 1. The monoisotopic (exact) mass is 288 g/mol. The van der Waals surface area contributed by atoms with Gasteiger partial charge in [0.15, 0.2) is 0 Å². The summed E-state index contributed by atoms with van der Waals surface area (Å²) in [6.07, 6.45) is 4.63. The lowest BCUT2D eigenvalue weighted by Gasteiger charge is -2.31. The number of amides is 2. The Kier molecular flexibility index (Phi) is 7.05. The van der Waals surface area contributed by atoms with Gasteiger partial charge < -0.3 is 15.0 Å². The van der Waals surface area contributed by atoms with Crippen LogP contribution in [0, 0.1) is 5.92 Å². The van der Waals surface area contributed by atoms with Crippen molar-refractivity contribution in [3.05, 3.63) is 0 Å². The average molecular weight is 288 g/mol. The molecule has 6 heteroatoms. The molecule has 5 nitrogen and oxygen atoms in total. The molecule has 0 aliphatic carbocycles. The fraction of sp³-hybridized carbons (Fsp3) is 0.846. The van der Waals surface area contributed by atoms with Crippen molar-refractivity contribution < 1.29 is 14.3 Å². The second-order valence-electron chi connectivity index (χ2n) is 4.98. The number of methoxy groups -OCH3 is 1. The molecule has 1 aliphatic heterocycles. The van der Waals surface area contributed by atoms with Crippen molar-refractivity contribution in [1.82, 2.24) is 10.2 Å². The summed E-state index contributed by atoms with van der Waals surface area (Å²) >= 11 is 1.65. The minimum atomic E-state index is -0.538. The highest BCUT2D eigenvalue weighted by Crippen LogP contribution is 2.16. The van der Waals surface area contributed by atoms with Gasteiger partial charge in [-0.3, -0.25) is 0 Å². The lowest BCUT2D eigenvalue weighted by Crippen LogP contribution is -2.50. The van der Waals surface area contributed by atoms with Crippen LogP contribution in [0.4, 0.5) is 4.79 Å². The van der Waals surface area contributed by atoms with Gasteiger partial charge in [-0.25, -0.2) is 9.59 Å². The van der Waals surface area contributed by atoms with Gasteiger partial charge >= 0.3 is 12.0 Å². The summed E-state index contributed by atoms with van der Waals surface area (Å²) in [4.78, 5) is 25.5. The first-order valence-electron chi connectivity index (χ1n) is 6.70. The van der Waals surface area contributed by atoms with Crippen molar-refractivity contribution in [3.8, 4) is 0 Å². The SMILES string of the molecule is COC(=O)[C@H](CCSC)NC(=O)N1CCC(C)CC1. The summed E-state index contributed by atoms with van der Waals surface area (Å²) in [7, 11) is 1.35. The molecule has 19 heavy (non-hydrogen) atoms. The van der Waals surface area contributed by atoms with E-state index in [-0.39, 0.29) is 12.0 Å². The van der Waals surface area contributed by atoms with E-state index in [4.69, 9.17) is 4.74 Å². The van der Waals surface area contributed by atoms with Crippen molar-refractivity contribution >= 4 is 23.8 Å². The van der Waals surface area contributed by atoms with E-state index in [1.165, 1.54) is 7.11 Å². The summed E-state index contributed by atoms with van der Waals surface area (Å²) in [6.45, 7) is 3.73. The molecule has 0 spiro atoms. The number of ether oxygens (including phenoxy) is 1. The van der Waals surface area contributed by atoms with Crippen LogP contribution in [0.15, 0.2) is 0 Å². The molecule has 1 fully saturated rings. The summed E-state index contributed by atoms with van der Waals surface area (Å²) in [5.41, 5.74) is 0. The number of rotatable bonds is 5. The molecule has 1 saturated heterocycles. The zero-order chi connectivity index (χ0) is 14.3. The lowest BCUT2D eigenvalue weighted by atomic mass is 10.00. The molecule has 1 aliphatic rings. The Morgan fingerprint density at radius 3 is 2.58 bits per heavy atom. The Balaban J connectivity index is 2.48.